The van der Waals surface area contributed by atoms with E-state index in [0.29, 0.717) is 35.8 Å². The average molecular weight is 342 g/mol. The summed E-state index contributed by atoms with van der Waals surface area (Å²) in [4.78, 5) is 23.8. The summed E-state index contributed by atoms with van der Waals surface area (Å²) in [5, 5.41) is 20.1. The molecule has 1 aliphatic rings. The van der Waals surface area contributed by atoms with E-state index in [-0.39, 0.29) is 17.7 Å². The molecule has 0 unspecified atom stereocenters. The standard InChI is InChI=1S/C18H22N4O3/c1-3-17(24)20-12-7-8-16(23)13(9-12)14-10-15(11-5-6-11)22(21-14)18(25)19-4-2/h7-11,23H,3-6H2,1-2H3,(H,19,25)(H,20,24). The number of hydrogen-bond acceptors (Lipinski definition) is 4. The molecule has 1 aliphatic carbocycles. The van der Waals surface area contributed by atoms with Crippen molar-refractivity contribution in [3.05, 3.63) is 30.0 Å². The summed E-state index contributed by atoms with van der Waals surface area (Å²) in [6.45, 7) is 4.14. The minimum absolute atomic E-state index is 0.0531. The number of nitrogens with zero attached hydrogens (tertiary/aromatic N) is 2. The highest BCUT2D eigenvalue weighted by Gasteiger charge is 2.30. The lowest BCUT2D eigenvalue weighted by Crippen LogP contribution is -2.30. The minimum atomic E-state index is -0.273. The van der Waals surface area contributed by atoms with Gasteiger partial charge in [0.25, 0.3) is 0 Å². The van der Waals surface area contributed by atoms with E-state index >= 15 is 0 Å². The Morgan fingerprint density at radius 3 is 2.68 bits per heavy atom. The zero-order valence-electron chi connectivity index (χ0n) is 14.4. The third kappa shape index (κ3) is 3.65. The molecule has 7 nitrogen and oxygen atoms in total. The van der Waals surface area contributed by atoms with Crippen LogP contribution in [0, 0.1) is 0 Å². The van der Waals surface area contributed by atoms with E-state index in [1.54, 1.807) is 19.1 Å². The minimum Gasteiger partial charge on any atom is -0.507 e. The van der Waals surface area contributed by atoms with Gasteiger partial charge in [-0.2, -0.15) is 9.78 Å². The summed E-state index contributed by atoms with van der Waals surface area (Å²) in [5.74, 6) is 0.273. The second-order valence-electron chi connectivity index (χ2n) is 6.11. The van der Waals surface area contributed by atoms with E-state index < -0.39 is 0 Å². The van der Waals surface area contributed by atoms with Crippen LogP contribution < -0.4 is 10.6 Å². The zero-order valence-corrected chi connectivity index (χ0v) is 14.4. The number of benzene rings is 1. The third-order valence-electron chi connectivity index (χ3n) is 4.13. The van der Waals surface area contributed by atoms with Gasteiger partial charge in [-0.05, 0) is 44.0 Å². The second-order valence-corrected chi connectivity index (χ2v) is 6.11. The lowest BCUT2D eigenvalue weighted by molar-refractivity contribution is -0.115. The number of phenols is 1. The van der Waals surface area contributed by atoms with Gasteiger partial charge in [0.05, 0.1) is 11.4 Å². The number of aromatic hydroxyl groups is 1. The Balaban J connectivity index is 1.98. The Hall–Kier alpha value is -2.83. The molecule has 0 saturated heterocycles. The van der Waals surface area contributed by atoms with Gasteiger partial charge in [-0.3, -0.25) is 4.79 Å². The predicted octanol–water partition coefficient (Wildman–Crippen LogP) is 3.06. The van der Waals surface area contributed by atoms with E-state index in [1.807, 2.05) is 13.0 Å². The molecule has 0 bridgehead atoms. The van der Waals surface area contributed by atoms with Gasteiger partial charge in [0.15, 0.2) is 0 Å². The highest BCUT2D eigenvalue weighted by Crippen LogP contribution is 2.42. The number of hydrogen-bond donors (Lipinski definition) is 3. The van der Waals surface area contributed by atoms with Crippen LogP contribution in [0.1, 0.15) is 44.7 Å². The molecule has 0 radical (unpaired) electrons. The molecule has 1 aromatic heterocycles. The average Bonchev–Trinajstić information content (AvgIpc) is 3.35. The van der Waals surface area contributed by atoms with Crippen LogP contribution in [0.4, 0.5) is 10.5 Å². The number of aromatic nitrogens is 2. The number of carbonyl (C=O) groups is 2. The smallest absolute Gasteiger partial charge is 0.342 e. The van der Waals surface area contributed by atoms with Crippen molar-refractivity contribution in [1.82, 2.24) is 15.1 Å². The van der Waals surface area contributed by atoms with Crippen molar-refractivity contribution in [2.24, 2.45) is 0 Å². The molecule has 3 rings (SSSR count). The Morgan fingerprint density at radius 2 is 2.04 bits per heavy atom. The number of anilines is 1. The monoisotopic (exact) mass is 342 g/mol. The fourth-order valence-corrected chi connectivity index (χ4v) is 2.65. The highest BCUT2D eigenvalue weighted by molar-refractivity contribution is 5.91. The van der Waals surface area contributed by atoms with Gasteiger partial charge in [-0.1, -0.05) is 6.92 Å². The maximum absolute atomic E-state index is 12.2. The van der Waals surface area contributed by atoms with Gasteiger partial charge in [-0.15, -0.1) is 0 Å². The lowest BCUT2D eigenvalue weighted by atomic mass is 10.1. The van der Waals surface area contributed by atoms with Crippen molar-refractivity contribution in [2.45, 2.75) is 39.0 Å². The first-order chi connectivity index (χ1) is 12.0. The molecule has 1 saturated carbocycles. The van der Waals surface area contributed by atoms with Crippen LogP contribution in [0.3, 0.4) is 0 Å². The van der Waals surface area contributed by atoms with Crippen LogP contribution in [-0.4, -0.2) is 33.4 Å². The third-order valence-corrected chi connectivity index (χ3v) is 4.13. The number of carbonyl (C=O) groups excluding carboxylic acids is 2. The Kier molecular flexibility index (Phi) is 4.74. The second kappa shape index (κ2) is 6.96. The molecule has 25 heavy (non-hydrogen) atoms. The van der Waals surface area contributed by atoms with Crippen LogP contribution in [0.15, 0.2) is 24.3 Å². The largest absolute Gasteiger partial charge is 0.507 e. The molecule has 132 valence electrons. The first kappa shape index (κ1) is 17.0. The van der Waals surface area contributed by atoms with E-state index in [1.165, 1.54) is 10.7 Å². The molecule has 0 aliphatic heterocycles. The fourth-order valence-electron chi connectivity index (χ4n) is 2.65. The van der Waals surface area contributed by atoms with Gasteiger partial charge >= 0.3 is 6.03 Å². The summed E-state index contributed by atoms with van der Waals surface area (Å²) >= 11 is 0. The van der Waals surface area contributed by atoms with Crippen LogP contribution in [-0.2, 0) is 4.79 Å². The molecule has 3 N–H and O–H groups in total. The molecule has 1 heterocycles. The van der Waals surface area contributed by atoms with Crippen molar-refractivity contribution in [3.8, 4) is 17.0 Å². The maximum Gasteiger partial charge on any atom is 0.342 e. The summed E-state index contributed by atoms with van der Waals surface area (Å²) in [6.07, 6.45) is 2.43. The molecule has 0 spiro atoms. The first-order valence-electron chi connectivity index (χ1n) is 8.54. The molecular formula is C18H22N4O3. The normalized spacial score (nSPS) is 13.5. The zero-order chi connectivity index (χ0) is 18.0. The first-order valence-corrected chi connectivity index (χ1v) is 8.54. The number of amides is 2. The van der Waals surface area contributed by atoms with Gasteiger partial charge in [0.2, 0.25) is 5.91 Å². The summed E-state index contributed by atoms with van der Waals surface area (Å²) in [6, 6.07) is 6.39. The fraction of sp³-hybridized carbons (Fsp3) is 0.389. The van der Waals surface area contributed by atoms with Crippen molar-refractivity contribution < 1.29 is 14.7 Å². The van der Waals surface area contributed by atoms with Gasteiger partial charge in [-0.25, -0.2) is 4.79 Å². The van der Waals surface area contributed by atoms with Gasteiger partial charge < -0.3 is 15.7 Å². The summed E-state index contributed by atoms with van der Waals surface area (Å²) in [5.41, 5.74) is 2.43. The van der Waals surface area contributed by atoms with E-state index in [9.17, 15) is 14.7 Å². The van der Waals surface area contributed by atoms with Crippen LogP contribution in [0.2, 0.25) is 0 Å². The molecule has 1 aromatic carbocycles. The van der Waals surface area contributed by atoms with Crippen molar-refractivity contribution in [2.75, 3.05) is 11.9 Å². The van der Waals surface area contributed by atoms with Crippen molar-refractivity contribution in [3.63, 3.8) is 0 Å². The Morgan fingerprint density at radius 1 is 1.28 bits per heavy atom. The van der Waals surface area contributed by atoms with Crippen LogP contribution in [0.25, 0.3) is 11.3 Å². The molecule has 1 fully saturated rings. The summed E-state index contributed by atoms with van der Waals surface area (Å²) in [7, 11) is 0. The number of nitrogens with one attached hydrogen (secondary N) is 2. The quantitative estimate of drug-likeness (QED) is 0.728. The molecular weight excluding hydrogens is 320 g/mol. The van der Waals surface area contributed by atoms with Crippen LogP contribution >= 0.6 is 0 Å². The maximum atomic E-state index is 12.2. The predicted molar refractivity (Wildman–Crippen MR) is 94.7 cm³/mol. The van der Waals surface area contributed by atoms with E-state index in [4.69, 9.17) is 0 Å². The van der Waals surface area contributed by atoms with Crippen LogP contribution in [0.5, 0.6) is 5.75 Å². The van der Waals surface area contributed by atoms with Gasteiger partial charge in [0.1, 0.15) is 5.75 Å². The molecule has 2 aromatic rings. The molecule has 2 amide bonds. The topological polar surface area (TPSA) is 96.3 Å². The number of phenolic OH excluding ortho intramolecular Hbond substituents is 1. The highest BCUT2D eigenvalue weighted by atomic mass is 16.3. The van der Waals surface area contributed by atoms with Crippen molar-refractivity contribution >= 4 is 17.6 Å². The molecule has 7 heteroatoms. The van der Waals surface area contributed by atoms with Gasteiger partial charge in [0, 0.05) is 30.1 Å². The molecule has 0 atom stereocenters. The SMILES string of the molecule is CCNC(=O)n1nc(-c2cc(NC(=O)CC)ccc2O)cc1C1CC1. The number of rotatable bonds is 5. The van der Waals surface area contributed by atoms with Crippen molar-refractivity contribution in [1.29, 1.82) is 0 Å². The summed E-state index contributed by atoms with van der Waals surface area (Å²) < 4.78 is 1.38. The Labute approximate surface area is 146 Å². The van der Waals surface area contributed by atoms with E-state index in [2.05, 4.69) is 15.7 Å². The van der Waals surface area contributed by atoms with E-state index in [0.717, 1.165) is 18.5 Å². The lowest BCUT2D eigenvalue weighted by Gasteiger charge is -2.07. The Bertz CT molecular complexity index is 809.